The van der Waals surface area contributed by atoms with Crippen molar-refractivity contribution in [1.29, 1.82) is 0 Å². The third-order valence-corrected chi connectivity index (χ3v) is 14.3. The van der Waals surface area contributed by atoms with E-state index in [-0.39, 0.29) is 0 Å². The van der Waals surface area contributed by atoms with Gasteiger partial charge in [0.25, 0.3) is 0 Å². The molecule has 0 N–H and O–H groups in total. The topological polar surface area (TPSA) is 43.6 Å². The van der Waals surface area contributed by atoms with Crippen molar-refractivity contribution < 1.29 is 0 Å². The van der Waals surface area contributed by atoms with Gasteiger partial charge < -0.3 is 4.57 Å². The molecule has 4 heteroatoms. The van der Waals surface area contributed by atoms with Gasteiger partial charge in [-0.3, -0.25) is 0 Å². The molecule has 0 fully saturated rings. The summed E-state index contributed by atoms with van der Waals surface area (Å²) in [6, 6.07) is 87.6. The van der Waals surface area contributed by atoms with Gasteiger partial charge in [0.15, 0.2) is 17.5 Å². The average Bonchev–Trinajstić information content (AvgIpc) is 3.92. The molecule has 10 aromatic carbocycles. The molecule has 1 aliphatic carbocycles. The lowest BCUT2D eigenvalue weighted by Gasteiger charge is -2.40. The maximum atomic E-state index is 5.25. The van der Waals surface area contributed by atoms with Gasteiger partial charge in [-0.2, -0.15) is 0 Å². The van der Waals surface area contributed by atoms with Gasteiger partial charge in [-0.05, 0) is 97.1 Å². The Bertz CT molecular complexity index is 3920. The van der Waals surface area contributed by atoms with Crippen LogP contribution in [0, 0.1) is 0 Å². The predicted octanol–water partition coefficient (Wildman–Crippen LogP) is 15.6. The molecule has 2 aromatic heterocycles. The van der Waals surface area contributed by atoms with Crippen molar-refractivity contribution in [2.24, 2.45) is 0 Å². The van der Waals surface area contributed by atoms with Crippen LogP contribution in [-0.2, 0) is 5.41 Å². The molecular weight excluding hydrogens is 825 g/mol. The summed E-state index contributed by atoms with van der Waals surface area (Å²) in [7, 11) is 0. The van der Waals surface area contributed by atoms with Gasteiger partial charge in [-0.25, -0.2) is 15.0 Å². The molecule has 14 rings (SSSR count). The molecule has 1 aliphatic heterocycles. The summed E-state index contributed by atoms with van der Waals surface area (Å²) in [6.45, 7) is 0. The highest BCUT2D eigenvalue weighted by Gasteiger charge is 2.50. The Kier molecular flexibility index (Phi) is 8.46. The summed E-state index contributed by atoms with van der Waals surface area (Å²) in [5.41, 5.74) is 20.5. The van der Waals surface area contributed by atoms with Crippen LogP contribution < -0.4 is 0 Å². The monoisotopic (exact) mass is 864 g/mol. The first-order valence-corrected chi connectivity index (χ1v) is 23.3. The minimum Gasteiger partial charge on any atom is -0.309 e. The molecule has 0 atom stereocenters. The Hall–Kier alpha value is -8.99. The van der Waals surface area contributed by atoms with E-state index in [4.69, 9.17) is 15.0 Å². The second-order valence-corrected chi connectivity index (χ2v) is 17.9. The largest absolute Gasteiger partial charge is 0.309 e. The molecule has 1 spiro atoms. The Morgan fingerprint density at radius 1 is 0.279 bits per heavy atom. The lowest BCUT2D eigenvalue weighted by molar-refractivity contribution is 0.749. The van der Waals surface area contributed by atoms with Gasteiger partial charge in [0.05, 0.1) is 22.1 Å². The van der Waals surface area contributed by atoms with E-state index >= 15 is 0 Å². The highest BCUT2D eigenvalue weighted by molar-refractivity contribution is 6.13. The van der Waals surface area contributed by atoms with Gasteiger partial charge >= 0.3 is 0 Å². The molecule has 0 unspecified atom stereocenters. The zero-order valence-electron chi connectivity index (χ0n) is 36.9. The molecule has 0 amide bonds. The third-order valence-electron chi connectivity index (χ3n) is 14.3. The van der Waals surface area contributed by atoms with E-state index in [1.807, 2.05) is 24.3 Å². The number of rotatable bonds is 6. The first kappa shape index (κ1) is 38.3. The van der Waals surface area contributed by atoms with Gasteiger partial charge in [0.1, 0.15) is 0 Å². The van der Waals surface area contributed by atoms with Crippen molar-refractivity contribution in [1.82, 2.24) is 19.5 Å². The fraction of sp³-hybridized carbons (Fsp3) is 0.0156. The zero-order chi connectivity index (χ0) is 44.8. The Morgan fingerprint density at radius 2 is 0.706 bits per heavy atom. The van der Waals surface area contributed by atoms with Crippen LogP contribution in [0.3, 0.4) is 0 Å². The number of aromatic nitrogens is 4. The van der Waals surface area contributed by atoms with E-state index in [1.54, 1.807) is 0 Å². The molecule has 0 saturated carbocycles. The van der Waals surface area contributed by atoms with Crippen LogP contribution in [0.4, 0.5) is 0 Å². The molecule has 2 aliphatic rings. The summed E-state index contributed by atoms with van der Waals surface area (Å²) < 4.78 is 2.51. The van der Waals surface area contributed by atoms with E-state index in [0.717, 1.165) is 38.9 Å². The lowest BCUT2D eigenvalue weighted by Crippen LogP contribution is -2.33. The van der Waals surface area contributed by atoms with Gasteiger partial charge in [0.2, 0.25) is 0 Å². The van der Waals surface area contributed by atoms with Gasteiger partial charge in [-0.1, -0.05) is 212 Å². The fourth-order valence-electron chi connectivity index (χ4n) is 11.3. The second-order valence-electron chi connectivity index (χ2n) is 17.9. The molecule has 0 bridgehead atoms. The highest BCUT2D eigenvalue weighted by atomic mass is 15.0. The van der Waals surface area contributed by atoms with Crippen molar-refractivity contribution in [2.45, 2.75) is 5.41 Å². The van der Waals surface area contributed by atoms with Crippen molar-refractivity contribution in [3.8, 4) is 84.4 Å². The van der Waals surface area contributed by atoms with E-state index in [9.17, 15) is 0 Å². The molecule has 316 valence electrons. The summed E-state index contributed by atoms with van der Waals surface area (Å²) in [6.07, 6.45) is 0. The molecule has 12 aromatic rings. The minimum atomic E-state index is -0.536. The first-order valence-electron chi connectivity index (χ1n) is 23.3. The van der Waals surface area contributed by atoms with Crippen LogP contribution in [0.15, 0.2) is 243 Å². The molecule has 4 nitrogen and oxygen atoms in total. The Balaban J connectivity index is 0.926. The van der Waals surface area contributed by atoms with Crippen LogP contribution in [0.25, 0.3) is 106 Å². The maximum absolute atomic E-state index is 5.25. The number of para-hydroxylation sites is 2. The standard InChI is InChI=1S/C64H40N4/c1-3-16-41(17-4-1)42-32-34-43(35-33-42)45-20-13-22-48(38-45)62-65-61(44-18-5-2-6-19-44)66-63(67-62)49-23-14-21-46(39-49)47-36-37-59-57(40-47)64(54-28-10-7-24-50(54)51-25-8-11-29-55(51)64)56-30-15-27-53-52-26-9-12-31-58(52)68(59)60(53)56/h1-40H. The predicted molar refractivity (Wildman–Crippen MR) is 278 cm³/mol. The van der Waals surface area contributed by atoms with Crippen LogP contribution >= 0.6 is 0 Å². The number of benzene rings is 10. The molecular formula is C64H40N4. The minimum absolute atomic E-state index is 0.536. The summed E-state index contributed by atoms with van der Waals surface area (Å²) in [5, 5.41) is 2.54. The van der Waals surface area contributed by atoms with Gasteiger partial charge in [0, 0.05) is 27.5 Å². The quantitative estimate of drug-likeness (QED) is 0.167. The summed E-state index contributed by atoms with van der Waals surface area (Å²) in [4.78, 5) is 15.5. The first-order chi connectivity index (χ1) is 33.7. The summed E-state index contributed by atoms with van der Waals surface area (Å²) >= 11 is 0. The number of fused-ring (bicyclic) bond motifs is 12. The second kappa shape index (κ2) is 15.0. The van der Waals surface area contributed by atoms with Crippen molar-refractivity contribution in [2.75, 3.05) is 0 Å². The smallest absolute Gasteiger partial charge is 0.164 e. The van der Waals surface area contributed by atoms with Crippen molar-refractivity contribution >= 4 is 21.8 Å². The number of hydrogen-bond donors (Lipinski definition) is 0. The van der Waals surface area contributed by atoms with Crippen LogP contribution in [0.2, 0.25) is 0 Å². The maximum Gasteiger partial charge on any atom is 0.164 e. The lowest BCUT2D eigenvalue weighted by atomic mass is 9.65. The molecule has 0 saturated heterocycles. The fourth-order valence-corrected chi connectivity index (χ4v) is 11.3. The van der Waals surface area contributed by atoms with Crippen LogP contribution in [0.1, 0.15) is 22.3 Å². The van der Waals surface area contributed by atoms with E-state index in [2.05, 4.69) is 223 Å². The normalized spacial score (nSPS) is 12.8. The molecule has 3 heterocycles. The third kappa shape index (κ3) is 5.71. The SMILES string of the molecule is c1ccc(-c2ccc(-c3cccc(-c4nc(-c5ccccc5)nc(-c5cccc(-c6ccc7c(c6)C6(c8ccccc8-c8ccccc86)c6cccc8c9ccccc9n-7c68)c5)n4)c3)cc2)cc1. The van der Waals surface area contributed by atoms with Crippen LogP contribution in [-0.4, -0.2) is 19.5 Å². The van der Waals surface area contributed by atoms with E-state index < -0.39 is 5.41 Å². The van der Waals surface area contributed by atoms with Crippen LogP contribution in [0.5, 0.6) is 0 Å². The molecule has 0 radical (unpaired) electrons. The Labute approximate surface area is 394 Å². The summed E-state index contributed by atoms with van der Waals surface area (Å²) in [5.74, 6) is 1.88. The Morgan fingerprint density at radius 3 is 1.37 bits per heavy atom. The average molecular weight is 865 g/mol. The van der Waals surface area contributed by atoms with E-state index in [0.29, 0.717) is 17.5 Å². The van der Waals surface area contributed by atoms with Crippen molar-refractivity contribution in [3.05, 3.63) is 265 Å². The van der Waals surface area contributed by atoms with Crippen molar-refractivity contribution in [3.63, 3.8) is 0 Å². The van der Waals surface area contributed by atoms with Gasteiger partial charge in [-0.15, -0.1) is 0 Å². The number of hydrogen-bond acceptors (Lipinski definition) is 3. The van der Waals surface area contributed by atoms with E-state index in [1.165, 1.54) is 72.0 Å². The highest BCUT2D eigenvalue weighted by Crippen LogP contribution is 2.61. The zero-order valence-corrected chi connectivity index (χ0v) is 36.9. The molecule has 68 heavy (non-hydrogen) atoms. The number of nitrogens with zero attached hydrogens (tertiary/aromatic N) is 4.